The number of carbonyl (C=O) groups excluding carboxylic acids is 1. The van der Waals surface area contributed by atoms with Gasteiger partial charge in [-0.25, -0.2) is 0 Å². The van der Waals surface area contributed by atoms with E-state index in [0.29, 0.717) is 5.56 Å². The molecule has 0 fully saturated rings. The van der Waals surface area contributed by atoms with Crippen molar-refractivity contribution in [2.45, 2.75) is 40.3 Å². The molecule has 0 saturated heterocycles. The molecule has 1 aromatic carbocycles. The van der Waals surface area contributed by atoms with Crippen LogP contribution in [0.25, 0.3) is 6.08 Å². The standard InChI is InChI=1S/C20H22N4O3/c1-4-9-23-14(2)10-17(15(23)3)11-18(12-21)20(25)22-13-16-7-5-6-8-19(16)24(26)27/h5-8,10-11H,4,9,13H2,1-3H3,(H,22,25)/b18-11-. The summed E-state index contributed by atoms with van der Waals surface area (Å²) >= 11 is 0. The van der Waals surface area contributed by atoms with E-state index in [1.54, 1.807) is 24.3 Å². The highest BCUT2D eigenvalue weighted by atomic mass is 16.6. The Morgan fingerprint density at radius 3 is 2.70 bits per heavy atom. The van der Waals surface area contributed by atoms with Gasteiger partial charge >= 0.3 is 0 Å². The van der Waals surface area contributed by atoms with Crippen LogP contribution in [-0.4, -0.2) is 15.4 Å². The SMILES string of the molecule is CCCn1c(C)cc(/C=C(/C#N)C(=O)NCc2ccccc2[N+](=O)[O-])c1C. The molecule has 0 atom stereocenters. The number of nitro groups is 1. The number of aromatic nitrogens is 1. The van der Waals surface area contributed by atoms with Crippen LogP contribution in [0.2, 0.25) is 0 Å². The molecule has 0 unspecified atom stereocenters. The zero-order valence-corrected chi connectivity index (χ0v) is 15.7. The van der Waals surface area contributed by atoms with Crippen LogP contribution in [0.15, 0.2) is 35.9 Å². The number of nitriles is 1. The normalized spacial score (nSPS) is 11.1. The Labute approximate surface area is 158 Å². The molecular formula is C20H22N4O3. The molecule has 27 heavy (non-hydrogen) atoms. The summed E-state index contributed by atoms with van der Waals surface area (Å²) in [5.74, 6) is -0.559. The number of nitrogens with zero attached hydrogens (tertiary/aromatic N) is 3. The first-order chi connectivity index (χ1) is 12.9. The van der Waals surface area contributed by atoms with Crippen molar-refractivity contribution in [3.63, 3.8) is 0 Å². The van der Waals surface area contributed by atoms with Crippen molar-refractivity contribution in [2.24, 2.45) is 0 Å². The molecular weight excluding hydrogens is 344 g/mol. The van der Waals surface area contributed by atoms with Crippen molar-refractivity contribution in [1.82, 2.24) is 9.88 Å². The minimum atomic E-state index is -0.559. The Morgan fingerprint density at radius 1 is 1.37 bits per heavy atom. The van der Waals surface area contributed by atoms with Crippen molar-refractivity contribution in [1.29, 1.82) is 5.26 Å². The Hall–Kier alpha value is -3.40. The summed E-state index contributed by atoms with van der Waals surface area (Å²) < 4.78 is 2.14. The average molecular weight is 366 g/mol. The zero-order valence-electron chi connectivity index (χ0n) is 15.7. The first-order valence-electron chi connectivity index (χ1n) is 8.68. The Bertz CT molecular complexity index is 935. The predicted molar refractivity (Wildman–Crippen MR) is 103 cm³/mol. The van der Waals surface area contributed by atoms with Crippen LogP contribution in [0.4, 0.5) is 5.69 Å². The highest BCUT2D eigenvalue weighted by molar-refractivity contribution is 6.01. The molecule has 0 bridgehead atoms. The van der Waals surface area contributed by atoms with Crippen LogP contribution >= 0.6 is 0 Å². The van der Waals surface area contributed by atoms with Crippen molar-refractivity contribution < 1.29 is 9.72 Å². The molecule has 2 aromatic rings. The van der Waals surface area contributed by atoms with Crippen LogP contribution in [0.1, 0.15) is 35.9 Å². The third-order valence-corrected chi connectivity index (χ3v) is 4.35. The van der Waals surface area contributed by atoms with Gasteiger partial charge in [0.15, 0.2) is 0 Å². The van der Waals surface area contributed by atoms with E-state index in [9.17, 15) is 20.2 Å². The van der Waals surface area contributed by atoms with Crippen molar-refractivity contribution >= 4 is 17.7 Å². The second-order valence-corrected chi connectivity index (χ2v) is 6.22. The summed E-state index contributed by atoms with van der Waals surface area (Å²) in [6, 6.07) is 10.0. The van der Waals surface area contributed by atoms with Gasteiger partial charge in [-0.2, -0.15) is 5.26 Å². The molecule has 0 spiro atoms. The van der Waals surface area contributed by atoms with Gasteiger partial charge in [0.05, 0.1) is 4.92 Å². The molecule has 7 heteroatoms. The first-order valence-corrected chi connectivity index (χ1v) is 8.68. The molecule has 1 heterocycles. The fraction of sp³-hybridized carbons (Fsp3) is 0.300. The van der Waals surface area contributed by atoms with E-state index in [2.05, 4.69) is 16.8 Å². The minimum Gasteiger partial charge on any atom is -0.349 e. The van der Waals surface area contributed by atoms with Gasteiger partial charge in [0.25, 0.3) is 11.6 Å². The van der Waals surface area contributed by atoms with Crippen molar-refractivity contribution in [3.05, 3.63) is 68.5 Å². The van der Waals surface area contributed by atoms with Gasteiger partial charge in [-0.05, 0) is 38.0 Å². The molecule has 1 N–H and O–H groups in total. The highest BCUT2D eigenvalue weighted by Crippen LogP contribution is 2.20. The maximum absolute atomic E-state index is 12.4. The van der Waals surface area contributed by atoms with E-state index in [0.717, 1.165) is 29.9 Å². The first kappa shape index (κ1) is 19.9. The average Bonchev–Trinajstić information content (AvgIpc) is 2.92. The fourth-order valence-electron chi connectivity index (χ4n) is 2.95. The number of carbonyl (C=O) groups is 1. The second kappa shape index (κ2) is 8.81. The number of amides is 1. The molecule has 0 radical (unpaired) electrons. The summed E-state index contributed by atoms with van der Waals surface area (Å²) in [4.78, 5) is 22.9. The van der Waals surface area contributed by atoms with E-state index in [4.69, 9.17) is 0 Å². The quantitative estimate of drug-likeness (QED) is 0.350. The number of hydrogen-bond donors (Lipinski definition) is 1. The molecule has 140 valence electrons. The van der Waals surface area contributed by atoms with Gasteiger partial charge in [0.1, 0.15) is 11.6 Å². The topological polar surface area (TPSA) is 101 Å². The number of para-hydroxylation sites is 1. The number of benzene rings is 1. The third kappa shape index (κ3) is 4.61. The minimum absolute atomic E-state index is 0.0239. The van der Waals surface area contributed by atoms with Crippen LogP contribution in [-0.2, 0) is 17.9 Å². The smallest absolute Gasteiger partial charge is 0.274 e. The Balaban J connectivity index is 2.20. The van der Waals surface area contributed by atoms with E-state index < -0.39 is 10.8 Å². The van der Waals surface area contributed by atoms with E-state index >= 15 is 0 Å². The zero-order chi connectivity index (χ0) is 20.0. The van der Waals surface area contributed by atoms with Crippen molar-refractivity contribution in [3.8, 4) is 6.07 Å². The fourth-order valence-corrected chi connectivity index (χ4v) is 2.95. The molecule has 0 aliphatic rings. The molecule has 0 saturated carbocycles. The summed E-state index contributed by atoms with van der Waals surface area (Å²) in [5, 5.41) is 23.0. The molecule has 0 aliphatic heterocycles. The summed E-state index contributed by atoms with van der Waals surface area (Å²) in [6.45, 7) is 6.88. The summed E-state index contributed by atoms with van der Waals surface area (Å²) in [6.07, 6.45) is 2.55. The monoisotopic (exact) mass is 366 g/mol. The molecule has 7 nitrogen and oxygen atoms in total. The number of rotatable bonds is 7. The Kier molecular flexibility index (Phi) is 6.50. The van der Waals surface area contributed by atoms with Gasteiger partial charge in [-0.15, -0.1) is 0 Å². The van der Waals surface area contributed by atoms with Crippen molar-refractivity contribution in [2.75, 3.05) is 0 Å². The van der Waals surface area contributed by atoms with E-state index in [-0.39, 0.29) is 17.8 Å². The largest absolute Gasteiger partial charge is 0.349 e. The van der Waals surface area contributed by atoms with Crippen LogP contribution in [0.3, 0.4) is 0 Å². The van der Waals surface area contributed by atoms with Gasteiger partial charge in [0.2, 0.25) is 0 Å². The molecule has 1 amide bonds. The lowest BCUT2D eigenvalue weighted by atomic mass is 10.1. The van der Waals surface area contributed by atoms with Gasteiger partial charge in [-0.3, -0.25) is 14.9 Å². The maximum atomic E-state index is 12.4. The lowest BCUT2D eigenvalue weighted by Gasteiger charge is -2.07. The molecule has 0 aliphatic carbocycles. The van der Waals surface area contributed by atoms with Crippen LogP contribution < -0.4 is 5.32 Å². The predicted octanol–water partition coefficient (Wildman–Crippen LogP) is 3.65. The number of nitro benzene ring substituents is 1. The van der Waals surface area contributed by atoms with Crippen LogP contribution in [0, 0.1) is 35.3 Å². The number of aryl methyl sites for hydroxylation is 1. The van der Waals surface area contributed by atoms with E-state index in [1.165, 1.54) is 6.07 Å². The number of nitrogens with one attached hydrogen (secondary N) is 1. The molecule has 1 aromatic heterocycles. The lowest BCUT2D eigenvalue weighted by molar-refractivity contribution is -0.385. The van der Waals surface area contributed by atoms with Gasteiger partial charge < -0.3 is 9.88 Å². The van der Waals surface area contributed by atoms with Gasteiger partial charge in [-0.1, -0.05) is 25.1 Å². The van der Waals surface area contributed by atoms with Crippen LogP contribution in [0.5, 0.6) is 0 Å². The third-order valence-electron chi connectivity index (χ3n) is 4.35. The molecule has 2 rings (SSSR count). The Morgan fingerprint density at radius 2 is 2.07 bits per heavy atom. The summed E-state index contributed by atoms with van der Waals surface area (Å²) in [7, 11) is 0. The number of hydrogen-bond acceptors (Lipinski definition) is 4. The highest BCUT2D eigenvalue weighted by Gasteiger charge is 2.16. The summed E-state index contributed by atoms with van der Waals surface area (Å²) in [5.41, 5.74) is 3.16. The lowest BCUT2D eigenvalue weighted by Crippen LogP contribution is -2.24. The van der Waals surface area contributed by atoms with Gasteiger partial charge in [0, 0.05) is 36.1 Å². The maximum Gasteiger partial charge on any atom is 0.274 e. The second-order valence-electron chi connectivity index (χ2n) is 6.22. The van der Waals surface area contributed by atoms with E-state index in [1.807, 2.05) is 26.0 Å².